The number of rotatable bonds is 3. The molecule has 1 atom stereocenters. The summed E-state index contributed by atoms with van der Waals surface area (Å²) in [6.07, 6.45) is 1.10. The Morgan fingerprint density at radius 2 is 2.14 bits per heavy atom. The van der Waals surface area contributed by atoms with E-state index in [0.29, 0.717) is 18.2 Å². The molecule has 3 heteroatoms. The lowest BCUT2D eigenvalue weighted by atomic mass is 10.1. The summed E-state index contributed by atoms with van der Waals surface area (Å²) in [5.41, 5.74) is 0.617. The van der Waals surface area contributed by atoms with Gasteiger partial charge in [0.1, 0.15) is 6.61 Å². The van der Waals surface area contributed by atoms with E-state index in [-0.39, 0.29) is 5.97 Å². The van der Waals surface area contributed by atoms with Crippen LogP contribution in [-0.4, -0.2) is 25.2 Å². The maximum absolute atomic E-state index is 11.4. The molecule has 1 aromatic carbocycles. The van der Waals surface area contributed by atoms with Gasteiger partial charge in [0.15, 0.2) is 0 Å². The van der Waals surface area contributed by atoms with Gasteiger partial charge >= 0.3 is 5.97 Å². The van der Waals surface area contributed by atoms with E-state index in [1.165, 1.54) is 0 Å². The third kappa shape index (κ3) is 2.12. The third-order valence-electron chi connectivity index (χ3n) is 2.35. The monoisotopic (exact) mass is 191 g/mol. The van der Waals surface area contributed by atoms with Gasteiger partial charge in [-0.1, -0.05) is 18.2 Å². The van der Waals surface area contributed by atoms with Crippen LogP contribution >= 0.6 is 0 Å². The molecule has 1 aliphatic heterocycles. The van der Waals surface area contributed by atoms with Crippen molar-refractivity contribution >= 4 is 5.97 Å². The smallest absolute Gasteiger partial charge is 0.338 e. The average molecular weight is 191 g/mol. The molecule has 0 bridgehead atoms. The van der Waals surface area contributed by atoms with Crippen molar-refractivity contribution < 1.29 is 9.53 Å². The Kier molecular flexibility index (Phi) is 2.79. The number of ether oxygens (including phenoxy) is 1. The quantitative estimate of drug-likeness (QED) is 0.730. The van der Waals surface area contributed by atoms with Crippen molar-refractivity contribution in [2.24, 2.45) is 0 Å². The summed E-state index contributed by atoms with van der Waals surface area (Å²) in [6, 6.07) is 9.43. The normalized spacial score (nSPS) is 19.9. The number of carbonyl (C=O) groups is 1. The van der Waals surface area contributed by atoms with Crippen molar-refractivity contribution in [3.63, 3.8) is 0 Å². The summed E-state index contributed by atoms with van der Waals surface area (Å²) in [5, 5.41) is 3.18. The summed E-state index contributed by atoms with van der Waals surface area (Å²) in [4.78, 5) is 11.4. The second-order valence-electron chi connectivity index (χ2n) is 3.40. The molecule has 1 aromatic rings. The fourth-order valence-electron chi connectivity index (χ4n) is 1.32. The minimum Gasteiger partial charge on any atom is -0.460 e. The van der Waals surface area contributed by atoms with Gasteiger partial charge in [-0.05, 0) is 25.1 Å². The Morgan fingerprint density at radius 1 is 1.43 bits per heavy atom. The summed E-state index contributed by atoms with van der Waals surface area (Å²) in [7, 11) is 0. The first-order chi connectivity index (χ1) is 6.86. The Hall–Kier alpha value is -1.35. The average Bonchev–Trinajstić information content (AvgIpc) is 2.16. The molecule has 0 saturated carbocycles. The lowest BCUT2D eigenvalue weighted by molar-refractivity contribution is 0.0428. The molecule has 1 aliphatic rings. The van der Waals surface area contributed by atoms with Crippen molar-refractivity contribution in [3.05, 3.63) is 35.9 Å². The molecule has 0 radical (unpaired) electrons. The van der Waals surface area contributed by atoms with Crippen LogP contribution in [0.25, 0.3) is 0 Å². The standard InChI is InChI=1S/C11H13NO2/c13-11(9-4-2-1-3-5-9)14-8-10-6-7-12-10/h1-5,10,12H,6-8H2/t10-/m0/s1. The second-order valence-corrected chi connectivity index (χ2v) is 3.40. The second kappa shape index (κ2) is 4.24. The first-order valence-electron chi connectivity index (χ1n) is 4.82. The van der Waals surface area contributed by atoms with E-state index in [9.17, 15) is 4.79 Å². The summed E-state index contributed by atoms with van der Waals surface area (Å²) >= 11 is 0. The molecular weight excluding hydrogens is 178 g/mol. The van der Waals surface area contributed by atoms with Crippen LogP contribution in [0.3, 0.4) is 0 Å². The molecule has 3 nitrogen and oxygen atoms in total. The molecule has 1 heterocycles. The topological polar surface area (TPSA) is 38.3 Å². The molecule has 0 spiro atoms. The van der Waals surface area contributed by atoms with Gasteiger partial charge in [0.05, 0.1) is 5.56 Å². The van der Waals surface area contributed by atoms with Gasteiger partial charge in [-0.2, -0.15) is 0 Å². The molecule has 74 valence electrons. The number of esters is 1. The van der Waals surface area contributed by atoms with Gasteiger partial charge < -0.3 is 10.1 Å². The minimum atomic E-state index is -0.237. The van der Waals surface area contributed by atoms with Crippen molar-refractivity contribution in [2.75, 3.05) is 13.2 Å². The van der Waals surface area contributed by atoms with Gasteiger partial charge in [0, 0.05) is 6.04 Å². The Morgan fingerprint density at radius 3 is 2.71 bits per heavy atom. The highest BCUT2D eigenvalue weighted by molar-refractivity contribution is 5.89. The van der Waals surface area contributed by atoms with Crippen molar-refractivity contribution in [2.45, 2.75) is 12.5 Å². The van der Waals surface area contributed by atoms with Gasteiger partial charge in [-0.15, -0.1) is 0 Å². The van der Waals surface area contributed by atoms with Crippen LogP contribution in [0.5, 0.6) is 0 Å². The van der Waals surface area contributed by atoms with E-state index in [2.05, 4.69) is 5.32 Å². The molecule has 2 rings (SSSR count). The number of hydrogen-bond donors (Lipinski definition) is 1. The van der Waals surface area contributed by atoms with E-state index in [1.807, 2.05) is 18.2 Å². The fourth-order valence-corrected chi connectivity index (χ4v) is 1.32. The van der Waals surface area contributed by atoms with Gasteiger partial charge in [-0.25, -0.2) is 4.79 Å². The van der Waals surface area contributed by atoms with Crippen molar-refractivity contribution in [1.29, 1.82) is 0 Å². The lowest BCUT2D eigenvalue weighted by Crippen LogP contribution is -2.46. The van der Waals surface area contributed by atoms with E-state index >= 15 is 0 Å². The third-order valence-corrected chi connectivity index (χ3v) is 2.35. The number of benzene rings is 1. The van der Waals surface area contributed by atoms with Crippen LogP contribution in [0.2, 0.25) is 0 Å². The molecule has 0 amide bonds. The molecule has 0 aromatic heterocycles. The SMILES string of the molecule is O=C(OC[C@@H]1CCN1)c1ccccc1. The maximum Gasteiger partial charge on any atom is 0.338 e. The zero-order valence-corrected chi connectivity index (χ0v) is 7.90. The first-order valence-corrected chi connectivity index (χ1v) is 4.82. The summed E-state index contributed by atoms with van der Waals surface area (Å²) in [5.74, 6) is -0.237. The molecule has 1 N–H and O–H groups in total. The predicted molar refractivity (Wildman–Crippen MR) is 53.1 cm³/mol. The summed E-state index contributed by atoms with van der Waals surface area (Å²) in [6.45, 7) is 1.52. The van der Waals surface area contributed by atoms with Crippen molar-refractivity contribution in [1.82, 2.24) is 5.32 Å². The highest BCUT2D eigenvalue weighted by Gasteiger charge is 2.18. The zero-order chi connectivity index (χ0) is 9.80. The molecule has 0 aliphatic carbocycles. The van der Waals surface area contributed by atoms with Gasteiger partial charge in [-0.3, -0.25) is 0 Å². The van der Waals surface area contributed by atoms with Gasteiger partial charge in [0.25, 0.3) is 0 Å². The Balaban J connectivity index is 1.83. The maximum atomic E-state index is 11.4. The number of nitrogens with one attached hydrogen (secondary N) is 1. The number of hydrogen-bond acceptors (Lipinski definition) is 3. The fraction of sp³-hybridized carbons (Fsp3) is 0.364. The highest BCUT2D eigenvalue weighted by Crippen LogP contribution is 2.05. The van der Waals surface area contributed by atoms with Crippen molar-refractivity contribution in [3.8, 4) is 0 Å². The first kappa shape index (κ1) is 9.21. The largest absolute Gasteiger partial charge is 0.460 e. The van der Waals surface area contributed by atoms with Crippen LogP contribution in [-0.2, 0) is 4.74 Å². The predicted octanol–water partition coefficient (Wildman–Crippen LogP) is 1.21. The molecule has 0 unspecified atom stereocenters. The molecular formula is C11H13NO2. The van der Waals surface area contributed by atoms with Crippen LogP contribution in [0.1, 0.15) is 16.8 Å². The Bertz CT molecular complexity index is 306. The van der Waals surface area contributed by atoms with Crippen LogP contribution in [0.15, 0.2) is 30.3 Å². The van der Waals surface area contributed by atoms with E-state index < -0.39 is 0 Å². The molecule has 1 saturated heterocycles. The minimum absolute atomic E-state index is 0.237. The summed E-state index contributed by atoms with van der Waals surface area (Å²) < 4.78 is 5.13. The Labute approximate surface area is 83.1 Å². The van der Waals surface area contributed by atoms with Gasteiger partial charge in [0.2, 0.25) is 0 Å². The van der Waals surface area contributed by atoms with Crippen LogP contribution in [0.4, 0.5) is 0 Å². The zero-order valence-electron chi connectivity index (χ0n) is 7.90. The highest BCUT2D eigenvalue weighted by atomic mass is 16.5. The van der Waals surface area contributed by atoms with Crippen LogP contribution < -0.4 is 5.32 Å². The van der Waals surface area contributed by atoms with E-state index in [0.717, 1.165) is 13.0 Å². The van der Waals surface area contributed by atoms with E-state index in [4.69, 9.17) is 4.74 Å². The van der Waals surface area contributed by atoms with E-state index in [1.54, 1.807) is 12.1 Å². The molecule has 14 heavy (non-hydrogen) atoms. The number of carbonyl (C=O) groups excluding carboxylic acids is 1. The lowest BCUT2D eigenvalue weighted by Gasteiger charge is -2.26. The van der Waals surface area contributed by atoms with Crippen LogP contribution in [0, 0.1) is 0 Å². The molecule has 1 fully saturated rings.